The van der Waals surface area contributed by atoms with Gasteiger partial charge >= 0.3 is 5.97 Å². The van der Waals surface area contributed by atoms with Crippen LogP contribution in [-0.2, 0) is 9.53 Å². The molecule has 0 spiro atoms. The topological polar surface area (TPSA) is 52.3 Å². The van der Waals surface area contributed by atoms with E-state index < -0.39 is 0 Å². The maximum atomic E-state index is 11.0. The van der Waals surface area contributed by atoms with Crippen LogP contribution >= 0.6 is 0 Å². The van der Waals surface area contributed by atoms with Crippen molar-refractivity contribution in [2.75, 3.05) is 13.2 Å². The number of rotatable bonds is 4. The maximum absolute atomic E-state index is 11.0. The molecule has 1 aliphatic carbocycles. The van der Waals surface area contributed by atoms with Gasteiger partial charge in [0, 0.05) is 0 Å². The second kappa shape index (κ2) is 3.72. The molecular weight excluding hydrogens is 142 g/mol. The van der Waals surface area contributed by atoms with E-state index in [0.29, 0.717) is 19.1 Å². The molecule has 0 amide bonds. The minimum Gasteiger partial charge on any atom is -0.466 e. The number of carbonyl (C=O) groups is 1. The number of carbonyl (C=O) groups excluding carboxylic acids is 1. The Morgan fingerprint density at radius 2 is 2.45 bits per heavy atom. The Morgan fingerprint density at radius 1 is 1.73 bits per heavy atom. The van der Waals surface area contributed by atoms with Gasteiger partial charge < -0.3 is 10.5 Å². The van der Waals surface area contributed by atoms with Gasteiger partial charge in [-0.25, -0.2) is 0 Å². The lowest BCUT2D eigenvalue weighted by Crippen LogP contribution is -2.09. The van der Waals surface area contributed by atoms with Gasteiger partial charge in [-0.2, -0.15) is 0 Å². The van der Waals surface area contributed by atoms with Gasteiger partial charge in [0.25, 0.3) is 0 Å². The van der Waals surface area contributed by atoms with Gasteiger partial charge in [0.2, 0.25) is 0 Å². The van der Waals surface area contributed by atoms with E-state index >= 15 is 0 Å². The van der Waals surface area contributed by atoms with E-state index in [1.807, 2.05) is 6.92 Å². The van der Waals surface area contributed by atoms with Gasteiger partial charge in [-0.15, -0.1) is 0 Å². The van der Waals surface area contributed by atoms with Crippen molar-refractivity contribution in [2.24, 2.45) is 17.6 Å². The van der Waals surface area contributed by atoms with Gasteiger partial charge in [0.05, 0.1) is 12.5 Å². The van der Waals surface area contributed by atoms with E-state index in [1.165, 1.54) is 0 Å². The standard InChI is InChI=1S/C8H15NO2/c1-2-11-8(10)7-5-6(7)3-4-9/h6-7H,2-5,9H2,1H3/t6-,7-/m1/s1. The highest BCUT2D eigenvalue weighted by Gasteiger charge is 2.43. The molecule has 2 N–H and O–H groups in total. The molecule has 1 saturated carbocycles. The summed E-state index contributed by atoms with van der Waals surface area (Å²) >= 11 is 0. The quantitative estimate of drug-likeness (QED) is 0.606. The van der Waals surface area contributed by atoms with Crippen LogP contribution in [0, 0.1) is 11.8 Å². The summed E-state index contributed by atoms with van der Waals surface area (Å²) in [5, 5.41) is 0. The van der Waals surface area contributed by atoms with Crippen LogP contribution in [0.2, 0.25) is 0 Å². The summed E-state index contributed by atoms with van der Waals surface area (Å²) in [4.78, 5) is 11.0. The fourth-order valence-electron chi connectivity index (χ4n) is 1.32. The third-order valence-corrected chi connectivity index (χ3v) is 2.05. The highest BCUT2D eigenvalue weighted by molar-refractivity contribution is 5.75. The molecule has 3 nitrogen and oxygen atoms in total. The zero-order valence-corrected chi connectivity index (χ0v) is 6.88. The zero-order chi connectivity index (χ0) is 8.27. The Balaban J connectivity index is 2.15. The molecule has 0 unspecified atom stereocenters. The van der Waals surface area contributed by atoms with Crippen LogP contribution in [0.25, 0.3) is 0 Å². The molecule has 3 heteroatoms. The first kappa shape index (κ1) is 8.53. The highest BCUT2D eigenvalue weighted by Crippen LogP contribution is 2.41. The third-order valence-electron chi connectivity index (χ3n) is 2.05. The van der Waals surface area contributed by atoms with Crippen LogP contribution in [0.15, 0.2) is 0 Å². The Labute approximate surface area is 66.9 Å². The van der Waals surface area contributed by atoms with E-state index in [1.54, 1.807) is 0 Å². The molecule has 0 heterocycles. The molecule has 0 aromatic carbocycles. The van der Waals surface area contributed by atoms with Crippen molar-refractivity contribution >= 4 is 5.97 Å². The summed E-state index contributed by atoms with van der Waals surface area (Å²) in [7, 11) is 0. The second-order valence-corrected chi connectivity index (χ2v) is 2.93. The third kappa shape index (κ3) is 2.19. The minimum absolute atomic E-state index is 0.0362. The molecule has 11 heavy (non-hydrogen) atoms. The summed E-state index contributed by atoms with van der Waals surface area (Å²) < 4.78 is 4.86. The number of hydrogen-bond acceptors (Lipinski definition) is 3. The SMILES string of the molecule is CCOC(=O)[C@@H]1C[C@H]1CCN. The van der Waals surface area contributed by atoms with Crippen LogP contribution in [-0.4, -0.2) is 19.1 Å². The van der Waals surface area contributed by atoms with Gasteiger partial charge in [-0.05, 0) is 32.2 Å². The van der Waals surface area contributed by atoms with Gasteiger partial charge in [0.15, 0.2) is 0 Å². The summed E-state index contributed by atoms with van der Waals surface area (Å²) in [5.41, 5.74) is 5.35. The Bertz CT molecular complexity index is 147. The molecule has 0 aromatic rings. The molecule has 0 aliphatic heterocycles. The van der Waals surface area contributed by atoms with E-state index in [4.69, 9.17) is 10.5 Å². The maximum Gasteiger partial charge on any atom is 0.309 e. The first-order valence-electron chi connectivity index (χ1n) is 4.16. The van der Waals surface area contributed by atoms with E-state index in [0.717, 1.165) is 12.8 Å². The highest BCUT2D eigenvalue weighted by atomic mass is 16.5. The molecule has 64 valence electrons. The van der Waals surface area contributed by atoms with Gasteiger partial charge in [-0.3, -0.25) is 4.79 Å². The smallest absolute Gasteiger partial charge is 0.309 e. The molecular formula is C8H15NO2. The lowest BCUT2D eigenvalue weighted by Gasteiger charge is -1.98. The lowest BCUT2D eigenvalue weighted by molar-refractivity contribution is -0.145. The molecule has 0 saturated heterocycles. The summed E-state index contributed by atoms with van der Waals surface area (Å²) in [6, 6.07) is 0. The first-order chi connectivity index (χ1) is 5.29. The summed E-state index contributed by atoms with van der Waals surface area (Å²) in [5.74, 6) is 0.642. The number of hydrogen-bond donors (Lipinski definition) is 1. The summed E-state index contributed by atoms with van der Waals surface area (Å²) in [6.45, 7) is 3.00. The molecule has 0 bridgehead atoms. The number of esters is 1. The second-order valence-electron chi connectivity index (χ2n) is 2.93. The average Bonchev–Trinajstić information content (AvgIpc) is 2.69. The van der Waals surface area contributed by atoms with E-state index in [-0.39, 0.29) is 11.9 Å². The minimum atomic E-state index is -0.0362. The first-order valence-corrected chi connectivity index (χ1v) is 4.16. The van der Waals surface area contributed by atoms with Crippen molar-refractivity contribution < 1.29 is 9.53 Å². The predicted octanol–water partition coefficient (Wildman–Crippen LogP) is 0.534. The van der Waals surface area contributed by atoms with Crippen molar-refractivity contribution in [3.63, 3.8) is 0 Å². The van der Waals surface area contributed by atoms with Crippen LogP contribution in [0.4, 0.5) is 0 Å². The Morgan fingerprint density at radius 3 is 3.00 bits per heavy atom. The average molecular weight is 157 g/mol. The van der Waals surface area contributed by atoms with Crippen LogP contribution in [0.5, 0.6) is 0 Å². The van der Waals surface area contributed by atoms with Gasteiger partial charge in [-0.1, -0.05) is 0 Å². The largest absolute Gasteiger partial charge is 0.466 e. The summed E-state index contributed by atoms with van der Waals surface area (Å²) in [6.07, 6.45) is 1.94. The van der Waals surface area contributed by atoms with Crippen molar-refractivity contribution in [3.05, 3.63) is 0 Å². The molecule has 2 atom stereocenters. The van der Waals surface area contributed by atoms with Crippen molar-refractivity contribution in [3.8, 4) is 0 Å². The lowest BCUT2D eigenvalue weighted by atomic mass is 10.2. The van der Waals surface area contributed by atoms with E-state index in [2.05, 4.69) is 0 Å². The van der Waals surface area contributed by atoms with Crippen LogP contribution in [0.3, 0.4) is 0 Å². The molecule has 1 aliphatic rings. The Kier molecular flexibility index (Phi) is 2.88. The fraction of sp³-hybridized carbons (Fsp3) is 0.875. The number of ether oxygens (including phenoxy) is 1. The van der Waals surface area contributed by atoms with Crippen LogP contribution < -0.4 is 5.73 Å². The molecule has 1 rings (SSSR count). The van der Waals surface area contributed by atoms with Crippen molar-refractivity contribution in [1.82, 2.24) is 0 Å². The van der Waals surface area contributed by atoms with Crippen LogP contribution in [0.1, 0.15) is 19.8 Å². The van der Waals surface area contributed by atoms with Crippen molar-refractivity contribution in [1.29, 1.82) is 0 Å². The fourth-order valence-corrected chi connectivity index (χ4v) is 1.32. The normalized spacial score (nSPS) is 28.2. The Hall–Kier alpha value is -0.570. The monoisotopic (exact) mass is 157 g/mol. The molecule has 0 aromatic heterocycles. The number of nitrogens with two attached hydrogens (primary N) is 1. The molecule has 1 fully saturated rings. The van der Waals surface area contributed by atoms with Crippen molar-refractivity contribution in [2.45, 2.75) is 19.8 Å². The predicted molar refractivity (Wildman–Crippen MR) is 41.9 cm³/mol. The van der Waals surface area contributed by atoms with E-state index in [9.17, 15) is 4.79 Å². The molecule has 0 radical (unpaired) electrons. The van der Waals surface area contributed by atoms with Gasteiger partial charge in [0.1, 0.15) is 0 Å². The zero-order valence-electron chi connectivity index (χ0n) is 6.88.